The predicted molar refractivity (Wildman–Crippen MR) is 65.8 cm³/mol. The molecular formula is C14H28O. The van der Waals surface area contributed by atoms with E-state index in [1.807, 2.05) is 6.92 Å². The lowest BCUT2D eigenvalue weighted by Gasteiger charge is -2.48. The quantitative estimate of drug-likeness (QED) is 0.696. The molecule has 2 unspecified atom stereocenters. The van der Waals surface area contributed by atoms with E-state index >= 15 is 0 Å². The van der Waals surface area contributed by atoms with E-state index in [1.165, 1.54) is 19.3 Å². The summed E-state index contributed by atoms with van der Waals surface area (Å²) in [5.74, 6) is 0.459. The molecule has 1 N–H and O–H groups in total. The molecular weight excluding hydrogens is 184 g/mol. The van der Waals surface area contributed by atoms with Gasteiger partial charge in [-0.1, -0.05) is 41.0 Å². The average Bonchev–Trinajstić information content (AvgIpc) is 2.00. The first kappa shape index (κ1) is 13.0. The summed E-state index contributed by atoms with van der Waals surface area (Å²) < 4.78 is 0. The molecule has 0 spiro atoms. The van der Waals surface area contributed by atoms with Crippen molar-refractivity contribution < 1.29 is 5.11 Å². The number of hydrogen-bond donors (Lipinski definition) is 1. The van der Waals surface area contributed by atoms with Gasteiger partial charge in [-0.15, -0.1) is 0 Å². The summed E-state index contributed by atoms with van der Waals surface area (Å²) in [5, 5.41) is 10.7. The molecule has 0 aliphatic heterocycles. The maximum atomic E-state index is 10.7. The SMILES string of the molecule is CC1(C)CCCC(C(C)(O)C(C)(C)C)C1. The first-order chi connectivity index (χ1) is 6.56. The molecule has 1 fully saturated rings. The fourth-order valence-electron chi connectivity index (χ4n) is 2.79. The fraction of sp³-hybridized carbons (Fsp3) is 1.00. The van der Waals surface area contributed by atoms with E-state index in [-0.39, 0.29) is 5.41 Å². The molecule has 1 aliphatic rings. The smallest absolute Gasteiger partial charge is 0.0695 e. The highest BCUT2D eigenvalue weighted by Crippen LogP contribution is 2.48. The molecule has 1 aliphatic carbocycles. The van der Waals surface area contributed by atoms with Crippen LogP contribution in [0.2, 0.25) is 0 Å². The van der Waals surface area contributed by atoms with Gasteiger partial charge in [0.05, 0.1) is 5.60 Å². The van der Waals surface area contributed by atoms with E-state index in [2.05, 4.69) is 34.6 Å². The van der Waals surface area contributed by atoms with E-state index in [0.717, 1.165) is 6.42 Å². The van der Waals surface area contributed by atoms with Gasteiger partial charge in [-0.05, 0) is 42.9 Å². The van der Waals surface area contributed by atoms with Crippen LogP contribution in [0, 0.1) is 16.7 Å². The Balaban J connectivity index is 2.80. The van der Waals surface area contributed by atoms with E-state index in [4.69, 9.17) is 0 Å². The van der Waals surface area contributed by atoms with Crippen LogP contribution < -0.4 is 0 Å². The van der Waals surface area contributed by atoms with Crippen LogP contribution in [0.15, 0.2) is 0 Å². The summed E-state index contributed by atoms with van der Waals surface area (Å²) in [6.45, 7) is 13.1. The van der Waals surface area contributed by atoms with E-state index in [1.54, 1.807) is 0 Å². The van der Waals surface area contributed by atoms with Gasteiger partial charge in [0.15, 0.2) is 0 Å². The first-order valence-electron chi connectivity index (χ1n) is 6.29. The molecule has 90 valence electrons. The zero-order valence-electron chi connectivity index (χ0n) is 11.4. The Morgan fingerprint density at radius 3 is 2.07 bits per heavy atom. The van der Waals surface area contributed by atoms with Gasteiger partial charge in [0.25, 0.3) is 0 Å². The maximum absolute atomic E-state index is 10.7. The Hall–Kier alpha value is -0.0400. The van der Waals surface area contributed by atoms with Gasteiger partial charge in [-0.25, -0.2) is 0 Å². The third-order valence-corrected chi connectivity index (χ3v) is 4.52. The monoisotopic (exact) mass is 212 g/mol. The van der Waals surface area contributed by atoms with Crippen molar-refractivity contribution in [3.05, 3.63) is 0 Å². The van der Waals surface area contributed by atoms with Crippen molar-refractivity contribution in [1.29, 1.82) is 0 Å². The van der Waals surface area contributed by atoms with Crippen molar-refractivity contribution in [1.82, 2.24) is 0 Å². The minimum Gasteiger partial charge on any atom is -0.389 e. The van der Waals surface area contributed by atoms with Crippen LogP contribution in [0.25, 0.3) is 0 Å². The Labute approximate surface area is 95.3 Å². The fourth-order valence-corrected chi connectivity index (χ4v) is 2.79. The van der Waals surface area contributed by atoms with Crippen LogP contribution in [0.1, 0.15) is 67.2 Å². The standard InChI is InChI=1S/C14H28O/c1-12(2,3)14(6,15)11-8-7-9-13(4,5)10-11/h11,15H,7-10H2,1-6H3. The van der Waals surface area contributed by atoms with Gasteiger partial charge >= 0.3 is 0 Å². The lowest BCUT2D eigenvalue weighted by molar-refractivity contribution is -0.111. The highest BCUT2D eigenvalue weighted by molar-refractivity contribution is 4.96. The molecule has 1 saturated carbocycles. The zero-order chi connectivity index (χ0) is 11.9. The second-order valence-electron chi connectivity index (χ2n) is 7.36. The molecule has 0 aromatic heterocycles. The number of hydrogen-bond acceptors (Lipinski definition) is 1. The summed E-state index contributed by atoms with van der Waals surface area (Å²) in [5.41, 5.74) is -0.145. The van der Waals surface area contributed by atoms with Crippen molar-refractivity contribution in [2.75, 3.05) is 0 Å². The van der Waals surface area contributed by atoms with Crippen molar-refractivity contribution in [2.45, 2.75) is 72.8 Å². The van der Waals surface area contributed by atoms with Gasteiger partial charge < -0.3 is 5.11 Å². The Bertz CT molecular complexity index is 220. The zero-order valence-corrected chi connectivity index (χ0v) is 11.4. The molecule has 0 heterocycles. The second kappa shape index (κ2) is 3.76. The van der Waals surface area contributed by atoms with E-state index in [0.29, 0.717) is 11.3 Å². The van der Waals surface area contributed by atoms with Crippen LogP contribution in [0.3, 0.4) is 0 Å². The van der Waals surface area contributed by atoms with Crippen LogP contribution in [-0.4, -0.2) is 10.7 Å². The molecule has 0 amide bonds. The third kappa shape index (κ3) is 2.75. The lowest BCUT2D eigenvalue weighted by atomic mass is 9.61. The summed E-state index contributed by atoms with van der Waals surface area (Å²) in [7, 11) is 0. The summed E-state index contributed by atoms with van der Waals surface area (Å²) in [6, 6.07) is 0. The van der Waals surface area contributed by atoms with Crippen LogP contribution in [-0.2, 0) is 0 Å². The van der Waals surface area contributed by atoms with Crippen LogP contribution in [0.5, 0.6) is 0 Å². The second-order valence-corrected chi connectivity index (χ2v) is 7.36. The molecule has 1 nitrogen and oxygen atoms in total. The van der Waals surface area contributed by atoms with E-state index < -0.39 is 5.60 Å². The highest BCUT2D eigenvalue weighted by atomic mass is 16.3. The molecule has 0 bridgehead atoms. The maximum Gasteiger partial charge on any atom is 0.0695 e. The topological polar surface area (TPSA) is 20.2 Å². The van der Waals surface area contributed by atoms with Gasteiger partial charge in [0.2, 0.25) is 0 Å². The molecule has 1 rings (SSSR count). The Kier molecular flexibility index (Phi) is 3.27. The highest BCUT2D eigenvalue weighted by Gasteiger charge is 2.45. The molecule has 0 radical (unpaired) electrons. The van der Waals surface area contributed by atoms with Gasteiger partial charge in [0.1, 0.15) is 0 Å². The Morgan fingerprint density at radius 1 is 1.13 bits per heavy atom. The largest absolute Gasteiger partial charge is 0.389 e. The summed E-state index contributed by atoms with van der Waals surface area (Å²) >= 11 is 0. The first-order valence-corrected chi connectivity index (χ1v) is 6.29. The minimum atomic E-state index is -0.537. The van der Waals surface area contributed by atoms with Crippen LogP contribution in [0.4, 0.5) is 0 Å². The minimum absolute atomic E-state index is 0.0227. The van der Waals surface area contributed by atoms with Crippen molar-refractivity contribution in [3.8, 4) is 0 Å². The summed E-state index contributed by atoms with van der Waals surface area (Å²) in [4.78, 5) is 0. The van der Waals surface area contributed by atoms with Crippen molar-refractivity contribution >= 4 is 0 Å². The third-order valence-electron chi connectivity index (χ3n) is 4.52. The van der Waals surface area contributed by atoms with Gasteiger partial charge in [-0.3, -0.25) is 0 Å². The molecule has 0 saturated heterocycles. The normalized spacial score (nSPS) is 31.0. The average molecular weight is 212 g/mol. The van der Waals surface area contributed by atoms with E-state index in [9.17, 15) is 5.11 Å². The van der Waals surface area contributed by atoms with Gasteiger partial charge in [0, 0.05) is 0 Å². The molecule has 2 atom stereocenters. The van der Waals surface area contributed by atoms with Gasteiger partial charge in [-0.2, -0.15) is 0 Å². The lowest BCUT2D eigenvalue weighted by Crippen LogP contribution is -2.49. The molecule has 1 heteroatoms. The summed E-state index contributed by atoms with van der Waals surface area (Å²) in [6.07, 6.45) is 4.93. The van der Waals surface area contributed by atoms with Crippen molar-refractivity contribution in [3.63, 3.8) is 0 Å². The van der Waals surface area contributed by atoms with Crippen molar-refractivity contribution in [2.24, 2.45) is 16.7 Å². The number of rotatable bonds is 1. The van der Waals surface area contributed by atoms with Crippen LogP contribution >= 0.6 is 0 Å². The molecule has 0 aromatic carbocycles. The predicted octanol–water partition coefficient (Wildman–Crippen LogP) is 4.00. The number of aliphatic hydroxyl groups is 1. The molecule has 0 aromatic rings. The molecule has 15 heavy (non-hydrogen) atoms. The Morgan fingerprint density at radius 2 is 1.67 bits per heavy atom.